The molecule has 2 fully saturated rings. The van der Waals surface area contributed by atoms with Gasteiger partial charge in [0, 0.05) is 19.7 Å². The summed E-state index contributed by atoms with van der Waals surface area (Å²) in [6.45, 7) is 2.19. The number of hydrogen-bond donors (Lipinski definition) is 2. The van der Waals surface area contributed by atoms with Gasteiger partial charge in [-0.15, -0.1) is 0 Å². The highest BCUT2D eigenvalue weighted by Crippen LogP contribution is 2.23. The third kappa shape index (κ3) is 4.66. The summed E-state index contributed by atoms with van der Waals surface area (Å²) in [5.41, 5.74) is 0.261. The first kappa shape index (κ1) is 20.2. The molecule has 0 saturated carbocycles. The van der Waals surface area contributed by atoms with Crippen LogP contribution in [0.3, 0.4) is 0 Å². The van der Waals surface area contributed by atoms with E-state index in [0.717, 1.165) is 19.4 Å². The summed E-state index contributed by atoms with van der Waals surface area (Å²) in [5.74, 6) is 0. The predicted molar refractivity (Wildman–Crippen MR) is 97.5 cm³/mol. The van der Waals surface area contributed by atoms with Crippen LogP contribution < -0.4 is 4.72 Å². The summed E-state index contributed by atoms with van der Waals surface area (Å²) in [6, 6.07) is 7.27. The summed E-state index contributed by atoms with van der Waals surface area (Å²) in [6.07, 6.45) is 0.715. The maximum absolute atomic E-state index is 12.6. The normalized spacial score (nSPS) is 29.1. The molecule has 2 heterocycles. The van der Waals surface area contributed by atoms with Gasteiger partial charge in [-0.25, -0.2) is 13.1 Å². The van der Waals surface area contributed by atoms with E-state index in [1.807, 2.05) is 6.07 Å². The number of methoxy groups -OCH3 is 1. The second-order valence-electron chi connectivity index (χ2n) is 6.98. The Bertz CT molecular complexity index is 794. The minimum atomic E-state index is -3.85. The topological polar surface area (TPSA) is 112 Å². The molecule has 9 heteroatoms. The van der Waals surface area contributed by atoms with E-state index in [1.165, 1.54) is 24.3 Å². The molecular weight excluding hydrogens is 370 g/mol. The Morgan fingerprint density at radius 1 is 1.48 bits per heavy atom. The molecular formula is C18H25N3O5S. The maximum atomic E-state index is 12.6. The number of aliphatic hydroxyl groups is 1. The molecule has 8 nitrogen and oxygen atoms in total. The number of nitrogens with zero attached hydrogens (tertiary/aromatic N) is 2. The van der Waals surface area contributed by atoms with Gasteiger partial charge in [0.1, 0.15) is 0 Å². The highest BCUT2D eigenvalue weighted by Gasteiger charge is 2.40. The molecule has 2 N–H and O–H groups in total. The summed E-state index contributed by atoms with van der Waals surface area (Å²) < 4.78 is 38.6. The van der Waals surface area contributed by atoms with Crippen LogP contribution >= 0.6 is 0 Å². The van der Waals surface area contributed by atoms with E-state index in [2.05, 4.69) is 9.62 Å². The van der Waals surface area contributed by atoms with Gasteiger partial charge in [-0.2, -0.15) is 5.26 Å². The lowest BCUT2D eigenvalue weighted by atomic mass is 10.1. The van der Waals surface area contributed by atoms with Crippen LogP contribution in [0.2, 0.25) is 0 Å². The Balaban J connectivity index is 1.63. The number of benzene rings is 1. The lowest BCUT2D eigenvalue weighted by Gasteiger charge is -2.28. The quantitative estimate of drug-likeness (QED) is 0.672. The Morgan fingerprint density at radius 2 is 2.30 bits per heavy atom. The predicted octanol–water partition coefficient (Wildman–Crippen LogP) is 0.0757. The third-order valence-corrected chi connectivity index (χ3v) is 6.62. The molecule has 4 atom stereocenters. The monoisotopic (exact) mass is 395 g/mol. The van der Waals surface area contributed by atoms with Crippen molar-refractivity contribution in [3.63, 3.8) is 0 Å². The van der Waals surface area contributed by atoms with Crippen molar-refractivity contribution in [1.29, 1.82) is 5.26 Å². The van der Waals surface area contributed by atoms with E-state index < -0.39 is 28.3 Å². The van der Waals surface area contributed by atoms with Crippen LogP contribution in [-0.2, 0) is 19.5 Å². The first-order valence-corrected chi connectivity index (χ1v) is 10.5. The largest absolute Gasteiger partial charge is 0.389 e. The smallest absolute Gasteiger partial charge is 0.241 e. The van der Waals surface area contributed by atoms with E-state index in [4.69, 9.17) is 14.7 Å². The van der Waals surface area contributed by atoms with Crippen molar-refractivity contribution < 1.29 is 23.0 Å². The Labute approximate surface area is 159 Å². The minimum Gasteiger partial charge on any atom is -0.389 e. The molecule has 0 radical (unpaired) electrons. The lowest BCUT2D eigenvalue weighted by molar-refractivity contribution is 0.00485. The van der Waals surface area contributed by atoms with Gasteiger partial charge in [0.15, 0.2) is 0 Å². The average Bonchev–Trinajstić information content (AvgIpc) is 3.23. The van der Waals surface area contributed by atoms with E-state index >= 15 is 0 Å². The molecule has 2 saturated heterocycles. The summed E-state index contributed by atoms with van der Waals surface area (Å²) in [5, 5.41) is 19.5. The zero-order valence-corrected chi connectivity index (χ0v) is 16.1. The fourth-order valence-electron chi connectivity index (χ4n) is 3.70. The third-order valence-electron chi connectivity index (χ3n) is 5.14. The van der Waals surface area contributed by atoms with Crippen LogP contribution in [0, 0.1) is 11.3 Å². The minimum absolute atomic E-state index is 0.00287. The number of ether oxygens (including phenoxy) is 2. The fourth-order valence-corrected chi connectivity index (χ4v) is 4.98. The van der Waals surface area contributed by atoms with Crippen molar-refractivity contribution in [3.05, 3.63) is 29.8 Å². The second-order valence-corrected chi connectivity index (χ2v) is 8.69. The van der Waals surface area contributed by atoms with Gasteiger partial charge in [-0.05, 0) is 37.6 Å². The zero-order valence-electron chi connectivity index (χ0n) is 15.2. The SMILES string of the molecule is COCC1CCCN1CC1OCC(NS(=O)(=O)c2cccc(C#N)c2)C1O. The number of rotatable bonds is 7. The van der Waals surface area contributed by atoms with Crippen molar-refractivity contribution in [3.8, 4) is 6.07 Å². The fraction of sp³-hybridized carbons (Fsp3) is 0.611. The van der Waals surface area contributed by atoms with E-state index in [9.17, 15) is 13.5 Å². The van der Waals surface area contributed by atoms with Gasteiger partial charge in [0.2, 0.25) is 10.0 Å². The first-order chi connectivity index (χ1) is 12.9. The van der Waals surface area contributed by atoms with E-state index in [1.54, 1.807) is 7.11 Å². The molecule has 0 aromatic heterocycles. The van der Waals surface area contributed by atoms with Gasteiger partial charge < -0.3 is 14.6 Å². The van der Waals surface area contributed by atoms with Crippen LogP contribution in [-0.4, -0.2) is 76.1 Å². The molecule has 2 aliphatic heterocycles. The first-order valence-electron chi connectivity index (χ1n) is 9.00. The number of aliphatic hydroxyl groups excluding tert-OH is 1. The summed E-state index contributed by atoms with van der Waals surface area (Å²) in [4.78, 5) is 2.22. The molecule has 3 rings (SSSR count). The second kappa shape index (κ2) is 8.65. The molecule has 148 valence electrons. The van der Waals surface area contributed by atoms with Crippen molar-refractivity contribution in [1.82, 2.24) is 9.62 Å². The Kier molecular flexibility index (Phi) is 6.47. The number of likely N-dealkylation sites (tertiary alicyclic amines) is 1. The average molecular weight is 395 g/mol. The Hall–Kier alpha value is -1.54. The number of hydrogen-bond acceptors (Lipinski definition) is 7. The molecule has 4 unspecified atom stereocenters. The van der Waals surface area contributed by atoms with Gasteiger partial charge >= 0.3 is 0 Å². The van der Waals surface area contributed by atoms with Crippen LogP contribution in [0.25, 0.3) is 0 Å². The van der Waals surface area contributed by atoms with Crippen molar-refractivity contribution in [2.75, 3.05) is 33.4 Å². The molecule has 0 amide bonds. The zero-order chi connectivity index (χ0) is 19.4. The van der Waals surface area contributed by atoms with Crippen molar-refractivity contribution >= 4 is 10.0 Å². The highest BCUT2D eigenvalue weighted by atomic mass is 32.2. The van der Waals surface area contributed by atoms with Gasteiger partial charge in [-0.3, -0.25) is 4.90 Å². The summed E-state index contributed by atoms with van der Waals surface area (Å²) >= 11 is 0. The lowest BCUT2D eigenvalue weighted by Crippen LogP contribution is -2.47. The van der Waals surface area contributed by atoms with Gasteiger partial charge in [0.05, 0.1) is 48.0 Å². The van der Waals surface area contributed by atoms with Gasteiger partial charge in [-0.1, -0.05) is 6.07 Å². The molecule has 0 bridgehead atoms. The molecule has 0 aliphatic carbocycles. The maximum Gasteiger partial charge on any atom is 0.241 e. The van der Waals surface area contributed by atoms with Crippen LogP contribution in [0.1, 0.15) is 18.4 Å². The standard InChI is InChI=1S/C18H25N3O5S/c1-25-11-14-5-3-7-21(14)10-17-18(22)16(12-26-17)20-27(23,24)15-6-2-4-13(8-15)9-19/h2,4,6,8,14,16-18,20,22H,3,5,7,10-12H2,1H3. The van der Waals surface area contributed by atoms with Crippen molar-refractivity contribution in [2.45, 2.75) is 42.0 Å². The highest BCUT2D eigenvalue weighted by molar-refractivity contribution is 7.89. The number of nitriles is 1. The Morgan fingerprint density at radius 3 is 3.04 bits per heavy atom. The number of sulfonamides is 1. The molecule has 2 aliphatic rings. The molecule has 1 aromatic rings. The van der Waals surface area contributed by atoms with E-state index in [-0.39, 0.29) is 17.1 Å². The van der Waals surface area contributed by atoms with Crippen molar-refractivity contribution in [2.24, 2.45) is 0 Å². The molecule has 0 spiro atoms. The number of nitrogens with one attached hydrogen (secondary N) is 1. The summed E-state index contributed by atoms with van der Waals surface area (Å²) in [7, 11) is -2.18. The van der Waals surface area contributed by atoms with E-state index in [0.29, 0.717) is 19.2 Å². The van der Waals surface area contributed by atoms with Crippen LogP contribution in [0.4, 0.5) is 0 Å². The van der Waals surface area contributed by atoms with Gasteiger partial charge in [0.25, 0.3) is 0 Å². The van der Waals surface area contributed by atoms with Crippen LogP contribution in [0.15, 0.2) is 29.2 Å². The molecule has 1 aromatic carbocycles. The molecule has 27 heavy (non-hydrogen) atoms. The van der Waals surface area contributed by atoms with Crippen LogP contribution in [0.5, 0.6) is 0 Å².